The number of nitrogens with one attached hydrogen (secondary N) is 3. The lowest BCUT2D eigenvalue weighted by molar-refractivity contribution is -0.117. The molecule has 0 bridgehead atoms. The van der Waals surface area contributed by atoms with Gasteiger partial charge in [0.15, 0.2) is 0 Å². The molecule has 0 aliphatic carbocycles. The second-order valence-corrected chi connectivity index (χ2v) is 8.36. The molecule has 2 saturated heterocycles. The highest BCUT2D eigenvalue weighted by Crippen LogP contribution is 2.29. The minimum absolute atomic E-state index is 0.0210. The second kappa shape index (κ2) is 10.2. The largest absolute Gasteiger partial charge is 0.381 e. The first kappa shape index (κ1) is 21.0. The summed E-state index contributed by atoms with van der Waals surface area (Å²) in [6.45, 7) is 3.47. The van der Waals surface area contributed by atoms with E-state index in [0.29, 0.717) is 29.2 Å². The Labute approximate surface area is 182 Å². The van der Waals surface area contributed by atoms with Crippen LogP contribution in [0.25, 0.3) is 11.3 Å². The first-order valence-electron chi connectivity index (χ1n) is 10.7. The molecule has 8 heteroatoms. The van der Waals surface area contributed by atoms with Gasteiger partial charge in [0, 0.05) is 37.4 Å². The zero-order chi connectivity index (χ0) is 20.8. The van der Waals surface area contributed by atoms with E-state index < -0.39 is 0 Å². The van der Waals surface area contributed by atoms with Gasteiger partial charge < -0.3 is 20.7 Å². The summed E-state index contributed by atoms with van der Waals surface area (Å²) in [6.07, 6.45) is 6.19. The molecule has 2 aliphatic rings. The maximum absolute atomic E-state index is 12.4. The van der Waals surface area contributed by atoms with Crippen LogP contribution in [0.15, 0.2) is 30.5 Å². The van der Waals surface area contributed by atoms with E-state index in [9.17, 15) is 4.79 Å². The molecule has 4 rings (SSSR count). The molecule has 3 N–H and O–H groups in total. The number of nitrogens with zero attached hydrogens (tertiary/aromatic N) is 2. The first-order chi connectivity index (χ1) is 14.7. The number of carbonyl (C=O) groups is 1. The zero-order valence-corrected chi connectivity index (χ0v) is 17.8. The zero-order valence-electron chi connectivity index (χ0n) is 17.0. The second-order valence-electron chi connectivity index (χ2n) is 7.95. The Morgan fingerprint density at radius 1 is 1.23 bits per heavy atom. The van der Waals surface area contributed by atoms with Crippen LogP contribution in [0.1, 0.15) is 32.1 Å². The highest BCUT2D eigenvalue weighted by molar-refractivity contribution is 6.33. The summed E-state index contributed by atoms with van der Waals surface area (Å²) in [5.74, 6) is 1.66. The molecule has 4 heterocycles. The fourth-order valence-electron chi connectivity index (χ4n) is 3.97. The number of amides is 1. The summed E-state index contributed by atoms with van der Waals surface area (Å²) in [5.41, 5.74) is 1.49. The van der Waals surface area contributed by atoms with Crippen molar-refractivity contribution < 1.29 is 9.53 Å². The van der Waals surface area contributed by atoms with Crippen molar-refractivity contribution in [2.45, 2.75) is 38.1 Å². The number of pyridine rings is 2. The summed E-state index contributed by atoms with van der Waals surface area (Å²) in [7, 11) is 0. The van der Waals surface area contributed by atoms with E-state index in [1.165, 1.54) is 0 Å². The molecule has 1 unspecified atom stereocenters. The Bertz CT molecular complexity index is 866. The van der Waals surface area contributed by atoms with Crippen molar-refractivity contribution in [1.29, 1.82) is 0 Å². The number of ether oxygens (including phenoxy) is 1. The van der Waals surface area contributed by atoms with Crippen LogP contribution in [-0.2, 0) is 9.53 Å². The standard InChI is InChI=1S/C22H28ClN5O2/c23-18-14-25-21(28-22(29)11-15-3-2-8-24-13-15)12-17(18)19-4-1-5-20(27-19)26-16-6-9-30-10-7-16/h1,4-5,12,14-16,24H,2-3,6-11,13H2,(H,26,27)(H,25,28,29). The van der Waals surface area contributed by atoms with Gasteiger partial charge in [0.1, 0.15) is 11.6 Å². The molecule has 0 saturated carbocycles. The molecule has 2 aliphatic heterocycles. The summed E-state index contributed by atoms with van der Waals surface area (Å²) in [5, 5.41) is 10.2. The number of rotatable bonds is 6. The topological polar surface area (TPSA) is 88.2 Å². The van der Waals surface area contributed by atoms with Gasteiger partial charge in [-0.3, -0.25) is 4.79 Å². The van der Waals surface area contributed by atoms with Crippen LogP contribution in [0.3, 0.4) is 0 Å². The Hall–Kier alpha value is -2.22. The summed E-state index contributed by atoms with van der Waals surface area (Å²) < 4.78 is 5.42. The van der Waals surface area contributed by atoms with Crippen molar-refractivity contribution >= 4 is 29.1 Å². The number of piperidine rings is 1. The monoisotopic (exact) mass is 429 g/mol. The van der Waals surface area contributed by atoms with Gasteiger partial charge in [-0.25, -0.2) is 9.97 Å². The molecule has 0 aromatic carbocycles. The van der Waals surface area contributed by atoms with E-state index in [1.807, 2.05) is 18.2 Å². The van der Waals surface area contributed by atoms with Crippen LogP contribution in [0, 0.1) is 5.92 Å². The van der Waals surface area contributed by atoms with E-state index in [4.69, 9.17) is 21.3 Å². The van der Waals surface area contributed by atoms with Gasteiger partial charge in [-0.15, -0.1) is 0 Å². The van der Waals surface area contributed by atoms with Gasteiger partial charge in [0.05, 0.1) is 10.7 Å². The molecule has 7 nitrogen and oxygen atoms in total. The minimum Gasteiger partial charge on any atom is -0.381 e. The molecular formula is C22H28ClN5O2. The van der Waals surface area contributed by atoms with E-state index in [0.717, 1.165) is 69.1 Å². The number of carbonyl (C=O) groups excluding carboxylic acids is 1. The van der Waals surface area contributed by atoms with Gasteiger partial charge >= 0.3 is 0 Å². The van der Waals surface area contributed by atoms with E-state index in [1.54, 1.807) is 12.3 Å². The quantitative estimate of drug-likeness (QED) is 0.648. The van der Waals surface area contributed by atoms with Crippen LogP contribution in [-0.4, -0.2) is 48.2 Å². The van der Waals surface area contributed by atoms with Crippen LogP contribution in [0.4, 0.5) is 11.6 Å². The van der Waals surface area contributed by atoms with Gasteiger partial charge in [-0.2, -0.15) is 0 Å². The average molecular weight is 430 g/mol. The summed E-state index contributed by atoms with van der Waals surface area (Å²) >= 11 is 6.41. The molecule has 30 heavy (non-hydrogen) atoms. The highest BCUT2D eigenvalue weighted by atomic mass is 35.5. The normalized spacial score (nSPS) is 20.0. The molecule has 2 aromatic rings. The maximum atomic E-state index is 12.4. The lowest BCUT2D eigenvalue weighted by Gasteiger charge is -2.23. The summed E-state index contributed by atoms with van der Waals surface area (Å²) in [6, 6.07) is 7.97. The van der Waals surface area contributed by atoms with Crippen molar-refractivity contribution in [3.63, 3.8) is 0 Å². The fraction of sp³-hybridized carbons (Fsp3) is 0.500. The third kappa shape index (κ3) is 5.68. The van der Waals surface area contributed by atoms with Crippen molar-refractivity contribution in [3.05, 3.63) is 35.5 Å². The van der Waals surface area contributed by atoms with Crippen molar-refractivity contribution in [2.75, 3.05) is 36.9 Å². The SMILES string of the molecule is O=C(CC1CCCNC1)Nc1cc(-c2cccc(NC3CCOCC3)n2)c(Cl)cn1. The Morgan fingerprint density at radius 2 is 2.10 bits per heavy atom. The van der Waals surface area contributed by atoms with E-state index in [-0.39, 0.29) is 5.91 Å². The first-order valence-corrected chi connectivity index (χ1v) is 11.0. The molecule has 1 atom stereocenters. The minimum atomic E-state index is -0.0210. The fourth-order valence-corrected chi connectivity index (χ4v) is 4.17. The van der Waals surface area contributed by atoms with Crippen molar-refractivity contribution in [1.82, 2.24) is 15.3 Å². The smallest absolute Gasteiger partial charge is 0.225 e. The molecule has 0 spiro atoms. The predicted octanol–water partition coefficient (Wildman–Crippen LogP) is 3.72. The number of aromatic nitrogens is 2. The van der Waals surface area contributed by atoms with Crippen molar-refractivity contribution in [3.8, 4) is 11.3 Å². The van der Waals surface area contributed by atoms with Gasteiger partial charge in [0.2, 0.25) is 5.91 Å². The molecule has 160 valence electrons. The molecule has 2 fully saturated rings. The van der Waals surface area contributed by atoms with Crippen LogP contribution < -0.4 is 16.0 Å². The number of hydrogen-bond acceptors (Lipinski definition) is 6. The Balaban J connectivity index is 1.44. The Kier molecular flexibility index (Phi) is 7.15. The van der Waals surface area contributed by atoms with Crippen LogP contribution in [0.2, 0.25) is 5.02 Å². The van der Waals surface area contributed by atoms with Gasteiger partial charge in [-0.05, 0) is 62.9 Å². The van der Waals surface area contributed by atoms with Crippen LogP contribution in [0.5, 0.6) is 0 Å². The van der Waals surface area contributed by atoms with Crippen LogP contribution >= 0.6 is 11.6 Å². The Morgan fingerprint density at radius 3 is 2.90 bits per heavy atom. The number of anilines is 2. The maximum Gasteiger partial charge on any atom is 0.225 e. The van der Waals surface area contributed by atoms with Crippen molar-refractivity contribution in [2.24, 2.45) is 5.92 Å². The molecular weight excluding hydrogens is 402 g/mol. The predicted molar refractivity (Wildman–Crippen MR) is 119 cm³/mol. The lowest BCUT2D eigenvalue weighted by atomic mass is 9.96. The molecule has 2 aromatic heterocycles. The summed E-state index contributed by atoms with van der Waals surface area (Å²) in [4.78, 5) is 21.4. The van der Waals surface area contributed by atoms with Gasteiger partial charge in [0.25, 0.3) is 0 Å². The molecule has 1 amide bonds. The van der Waals surface area contributed by atoms with E-state index >= 15 is 0 Å². The molecule has 0 radical (unpaired) electrons. The number of halogens is 1. The van der Waals surface area contributed by atoms with E-state index in [2.05, 4.69) is 20.9 Å². The lowest BCUT2D eigenvalue weighted by Crippen LogP contribution is -2.32. The van der Waals surface area contributed by atoms with Gasteiger partial charge in [-0.1, -0.05) is 17.7 Å². The highest BCUT2D eigenvalue weighted by Gasteiger charge is 2.18. The third-order valence-corrected chi connectivity index (χ3v) is 5.90. The number of hydrogen-bond donors (Lipinski definition) is 3. The third-order valence-electron chi connectivity index (χ3n) is 5.59. The average Bonchev–Trinajstić information content (AvgIpc) is 2.77.